The van der Waals surface area contributed by atoms with E-state index in [2.05, 4.69) is 23.2 Å². The number of para-hydroxylation sites is 1. The summed E-state index contributed by atoms with van der Waals surface area (Å²) in [5, 5.41) is 12.5. The maximum atomic E-state index is 9.19. The monoisotopic (exact) mass is 192 g/mol. The molecule has 0 radical (unpaired) electrons. The lowest BCUT2D eigenvalue weighted by Gasteiger charge is -2.32. The molecular weight excluding hydrogens is 176 g/mol. The Morgan fingerprint density at radius 3 is 3.07 bits per heavy atom. The molecule has 0 aromatic heterocycles. The van der Waals surface area contributed by atoms with Gasteiger partial charge in [0.05, 0.1) is 18.0 Å². The SMILES string of the molecule is CCN1CCNc2c(CO)cccc21. The molecule has 1 aliphatic rings. The van der Waals surface area contributed by atoms with Crippen LogP contribution in [0.4, 0.5) is 11.4 Å². The van der Waals surface area contributed by atoms with Gasteiger partial charge in [-0.3, -0.25) is 0 Å². The normalized spacial score (nSPS) is 14.9. The van der Waals surface area contributed by atoms with Crippen molar-refractivity contribution in [3.63, 3.8) is 0 Å². The second-order valence-corrected chi connectivity index (χ2v) is 3.48. The van der Waals surface area contributed by atoms with Crippen molar-refractivity contribution >= 4 is 11.4 Å². The van der Waals surface area contributed by atoms with E-state index in [1.54, 1.807) is 0 Å². The average Bonchev–Trinajstić information content (AvgIpc) is 2.27. The summed E-state index contributed by atoms with van der Waals surface area (Å²) >= 11 is 0. The van der Waals surface area contributed by atoms with Crippen molar-refractivity contribution in [3.8, 4) is 0 Å². The van der Waals surface area contributed by atoms with Crippen molar-refractivity contribution in [2.24, 2.45) is 0 Å². The molecule has 0 atom stereocenters. The molecule has 2 rings (SSSR count). The fourth-order valence-electron chi connectivity index (χ4n) is 1.95. The van der Waals surface area contributed by atoms with Crippen LogP contribution in [-0.4, -0.2) is 24.7 Å². The van der Waals surface area contributed by atoms with Crippen LogP contribution in [0, 0.1) is 0 Å². The van der Waals surface area contributed by atoms with Crippen molar-refractivity contribution in [1.29, 1.82) is 0 Å². The first kappa shape index (κ1) is 9.34. The largest absolute Gasteiger partial charge is 0.392 e. The molecule has 1 aliphatic heterocycles. The summed E-state index contributed by atoms with van der Waals surface area (Å²) in [5.74, 6) is 0. The van der Waals surface area contributed by atoms with Crippen LogP contribution in [0.25, 0.3) is 0 Å². The van der Waals surface area contributed by atoms with Gasteiger partial charge >= 0.3 is 0 Å². The lowest BCUT2D eigenvalue weighted by Crippen LogP contribution is -2.34. The average molecular weight is 192 g/mol. The Morgan fingerprint density at radius 1 is 1.50 bits per heavy atom. The van der Waals surface area contributed by atoms with Crippen molar-refractivity contribution in [2.45, 2.75) is 13.5 Å². The van der Waals surface area contributed by atoms with Crippen LogP contribution in [0.5, 0.6) is 0 Å². The number of benzene rings is 1. The second kappa shape index (κ2) is 3.88. The van der Waals surface area contributed by atoms with Gasteiger partial charge in [0.2, 0.25) is 0 Å². The molecule has 1 aromatic rings. The molecule has 0 saturated heterocycles. The van der Waals surface area contributed by atoms with Gasteiger partial charge in [-0.15, -0.1) is 0 Å². The van der Waals surface area contributed by atoms with Crippen LogP contribution in [0.2, 0.25) is 0 Å². The Labute approximate surface area is 84.4 Å². The summed E-state index contributed by atoms with van der Waals surface area (Å²) in [5.41, 5.74) is 3.30. The Balaban J connectivity index is 2.43. The summed E-state index contributed by atoms with van der Waals surface area (Å²) in [6.45, 7) is 5.27. The van der Waals surface area contributed by atoms with E-state index in [9.17, 15) is 5.11 Å². The minimum atomic E-state index is 0.105. The predicted molar refractivity (Wildman–Crippen MR) is 58.7 cm³/mol. The zero-order valence-electron chi connectivity index (χ0n) is 8.45. The number of fused-ring (bicyclic) bond motifs is 1. The number of hydrogen-bond acceptors (Lipinski definition) is 3. The lowest BCUT2D eigenvalue weighted by molar-refractivity contribution is 0.282. The number of rotatable bonds is 2. The Morgan fingerprint density at radius 2 is 2.36 bits per heavy atom. The number of anilines is 2. The summed E-state index contributed by atoms with van der Waals surface area (Å²) in [6.07, 6.45) is 0. The first-order valence-corrected chi connectivity index (χ1v) is 5.08. The van der Waals surface area contributed by atoms with Gasteiger partial charge in [-0.25, -0.2) is 0 Å². The molecule has 0 bridgehead atoms. The van der Waals surface area contributed by atoms with Crippen LogP contribution in [0.1, 0.15) is 12.5 Å². The minimum absolute atomic E-state index is 0.105. The standard InChI is InChI=1S/C11H16N2O/c1-2-13-7-6-12-11-9(8-14)4-3-5-10(11)13/h3-5,12,14H,2,6-8H2,1H3. The fourth-order valence-corrected chi connectivity index (χ4v) is 1.95. The van der Waals surface area contributed by atoms with E-state index in [1.807, 2.05) is 12.1 Å². The smallest absolute Gasteiger partial charge is 0.0702 e. The molecule has 3 heteroatoms. The number of nitrogens with zero attached hydrogens (tertiary/aromatic N) is 1. The molecule has 0 unspecified atom stereocenters. The van der Waals surface area contributed by atoms with Gasteiger partial charge in [0.1, 0.15) is 0 Å². The van der Waals surface area contributed by atoms with Gasteiger partial charge in [-0.1, -0.05) is 12.1 Å². The van der Waals surface area contributed by atoms with E-state index in [4.69, 9.17) is 0 Å². The minimum Gasteiger partial charge on any atom is -0.392 e. The van der Waals surface area contributed by atoms with Crippen LogP contribution in [-0.2, 0) is 6.61 Å². The van der Waals surface area contributed by atoms with Crippen LogP contribution in [0.3, 0.4) is 0 Å². The van der Waals surface area contributed by atoms with E-state index in [-0.39, 0.29) is 6.61 Å². The topological polar surface area (TPSA) is 35.5 Å². The van der Waals surface area contributed by atoms with E-state index >= 15 is 0 Å². The first-order valence-electron chi connectivity index (χ1n) is 5.08. The Bertz CT molecular complexity index is 325. The maximum Gasteiger partial charge on any atom is 0.0702 e. The van der Waals surface area contributed by atoms with Crippen molar-refractivity contribution in [2.75, 3.05) is 29.9 Å². The Kier molecular flexibility index (Phi) is 2.59. The quantitative estimate of drug-likeness (QED) is 0.744. The molecule has 0 aliphatic carbocycles. The third-order valence-electron chi connectivity index (χ3n) is 2.71. The number of likely N-dealkylation sites (N-methyl/N-ethyl adjacent to an activating group) is 1. The van der Waals surface area contributed by atoms with E-state index in [0.717, 1.165) is 30.9 Å². The fraction of sp³-hybridized carbons (Fsp3) is 0.455. The molecule has 2 N–H and O–H groups in total. The van der Waals surface area contributed by atoms with E-state index in [1.165, 1.54) is 5.69 Å². The van der Waals surface area contributed by atoms with Crippen molar-refractivity contribution in [1.82, 2.24) is 0 Å². The summed E-state index contributed by atoms with van der Waals surface area (Å²) in [7, 11) is 0. The van der Waals surface area contributed by atoms with Gasteiger partial charge in [0.25, 0.3) is 0 Å². The molecular formula is C11H16N2O. The summed E-state index contributed by atoms with van der Waals surface area (Å²) in [4.78, 5) is 2.32. The predicted octanol–water partition coefficient (Wildman–Crippen LogP) is 1.43. The molecule has 76 valence electrons. The van der Waals surface area contributed by atoms with E-state index in [0.29, 0.717) is 0 Å². The van der Waals surface area contributed by atoms with Crippen molar-refractivity contribution < 1.29 is 5.11 Å². The summed E-state index contributed by atoms with van der Waals surface area (Å²) in [6, 6.07) is 6.06. The zero-order chi connectivity index (χ0) is 9.97. The molecule has 3 nitrogen and oxygen atoms in total. The molecule has 0 saturated carbocycles. The number of hydrogen-bond donors (Lipinski definition) is 2. The number of aliphatic hydroxyl groups excluding tert-OH is 1. The Hall–Kier alpha value is -1.22. The van der Waals surface area contributed by atoms with Gasteiger partial charge in [-0.05, 0) is 13.0 Å². The van der Waals surface area contributed by atoms with Crippen molar-refractivity contribution in [3.05, 3.63) is 23.8 Å². The molecule has 1 aromatic carbocycles. The molecule has 1 heterocycles. The van der Waals surface area contributed by atoms with Gasteiger partial charge in [0.15, 0.2) is 0 Å². The first-order chi connectivity index (χ1) is 6.86. The molecule has 0 amide bonds. The molecule has 0 spiro atoms. The van der Waals surface area contributed by atoms with Gasteiger partial charge in [0, 0.05) is 25.2 Å². The van der Waals surface area contributed by atoms with Crippen LogP contribution < -0.4 is 10.2 Å². The highest BCUT2D eigenvalue weighted by Gasteiger charge is 2.16. The van der Waals surface area contributed by atoms with Gasteiger partial charge in [-0.2, -0.15) is 0 Å². The van der Waals surface area contributed by atoms with Gasteiger partial charge < -0.3 is 15.3 Å². The van der Waals surface area contributed by atoms with Crippen LogP contribution >= 0.6 is 0 Å². The van der Waals surface area contributed by atoms with Crippen LogP contribution in [0.15, 0.2) is 18.2 Å². The third-order valence-corrected chi connectivity index (χ3v) is 2.71. The second-order valence-electron chi connectivity index (χ2n) is 3.48. The molecule has 0 fully saturated rings. The van der Waals surface area contributed by atoms with E-state index < -0.39 is 0 Å². The highest BCUT2D eigenvalue weighted by molar-refractivity contribution is 5.75. The lowest BCUT2D eigenvalue weighted by atomic mass is 10.1. The molecule has 14 heavy (non-hydrogen) atoms. The highest BCUT2D eigenvalue weighted by atomic mass is 16.3. The zero-order valence-corrected chi connectivity index (χ0v) is 8.45. The maximum absolute atomic E-state index is 9.19. The highest BCUT2D eigenvalue weighted by Crippen LogP contribution is 2.31. The third kappa shape index (κ3) is 1.44. The number of nitrogens with one attached hydrogen (secondary N) is 1. The number of aliphatic hydroxyl groups is 1. The summed E-state index contributed by atoms with van der Waals surface area (Å²) < 4.78 is 0.